The normalized spacial score (nSPS) is 25.6. The van der Waals surface area contributed by atoms with Gasteiger partial charge in [-0.3, -0.25) is 0 Å². The average molecular weight is 287 g/mol. The molecule has 0 spiro atoms. The Hall–Kier alpha value is -1.33. The lowest BCUT2D eigenvalue weighted by Gasteiger charge is -2.23. The van der Waals surface area contributed by atoms with Gasteiger partial charge >= 0.3 is 0 Å². The molecular weight excluding hydrogens is 270 g/mol. The van der Waals surface area contributed by atoms with Gasteiger partial charge in [0.15, 0.2) is 5.82 Å². The molecule has 20 heavy (non-hydrogen) atoms. The highest BCUT2D eigenvalue weighted by molar-refractivity contribution is 7.99. The fraction of sp³-hybridized carbons (Fsp3) is 0.467. The van der Waals surface area contributed by atoms with Crippen molar-refractivity contribution in [2.24, 2.45) is 0 Å². The van der Waals surface area contributed by atoms with Gasteiger partial charge in [0, 0.05) is 6.54 Å². The quantitative estimate of drug-likeness (QED) is 0.920. The van der Waals surface area contributed by atoms with E-state index in [4.69, 9.17) is 4.52 Å². The van der Waals surface area contributed by atoms with Crippen molar-refractivity contribution < 1.29 is 4.52 Å². The maximum Gasteiger partial charge on any atom is 0.244 e. The third kappa shape index (κ3) is 2.25. The summed E-state index contributed by atoms with van der Waals surface area (Å²) < 4.78 is 5.49. The molecule has 2 aliphatic heterocycles. The molecular formula is C15H17N3OS. The Kier molecular flexibility index (Phi) is 3.24. The molecule has 1 fully saturated rings. The molecule has 0 radical (unpaired) electrons. The van der Waals surface area contributed by atoms with E-state index in [-0.39, 0.29) is 6.04 Å². The van der Waals surface area contributed by atoms with Gasteiger partial charge in [-0.05, 0) is 36.1 Å². The minimum atomic E-state index is 0.151. The first kappa shape index (κ1) is 12.4. The zero-order valence-corrected chi connectivity index (χ0v) is 12.0. The van der Waals surface area contributed by atoms with Crippen LogP contribution in [0, 0.1) is 0 Å². The van der Waals surface area contributed by atoms with E-state index in [1.165, 1.54) is 29.7 Å². The van der Waals surface area contributed by atoms with Crippen molar-refractivity contribution in [2.75, 3.05) is 5.75 Å². The smallest absolute Gasteiger partial charge is 0.244 e. The first-order chi connectivity index (χ1) is 9.90. The van der Waals surface area contributed by atoms with E-state index >= 15 is 0 Å². The average Bonchev–Trinajstić information content (AvgIpc) is 3.17. The van der Waals surface area contributed by atoms with E-state index < -0.39 is 0 Å². The lowest BCUT2D eigenvalue weighted by atomic mass is 9.96. The van der Waals surface area contributed by atoms with Gasteiger partial charge in [-0.1, -0.05) is 29.4 Å². The van der Waals surface area contributed by atoms with Crippen LogP contribution < -0.4 is 5.32 Å². The third-order valence-electron chi connectivity index (χ3n) is 4.05. The predicted molar refractivity (Wildman–Crippen MR) is 78.5 cm³/mol. The van der Waals surface area contributed by atoms with Crippen molar-refractivity contribution in [1.29, 1.82) is 0 Å². The Morgan fingerprint density at radius 3 is 3.00 bits per heavy atom. The highest BCUT2D eigenvalue weighted by Gasteiger charge is 2.27. The summed E-state index contributed by atoms with van der Waals surface area (Å²) in [5, 5.41) is 8.11. The number of hydrogen-bond acceptors (Lipinski definition) is 5. The van der Waals surface area contributed by atoms with Gasteiger partial charge in [0.1, 0.15) is 0 Å². The third-order valence-corrected chi connectivity index (χ3v) is 5.43. The molecule has 0 aliphatic carbocycles. The van der Waals surface area contributed by atoms with Crippen LogP contribution in [0.1, 0.15) is 47.0 Å². The van der Waals surface area contributed by atoms with Crippen molar-refractivity contribution in [2.45, 2.75) is 37.1 Å². The fourth-order valence-electron chi connectivity index (χ4n) is 2.93. The Morgan fingerprint density at radius 2 is 2.15 bits per heavy atom. The van der Waals surface area contributed by atoms with Gasteiger partial charge in [0.25, 0.3) is 0 Å². The van der Waals surface area contributed by atoms with Crippen molar-refractivity contribution in [1.82, 2.24) is 15.5 Å². The van der Waals surface area contributed by atoms with E-state index in [9.17, 15) is 0 Å². The SMILES string of the molecule is c1ccc2c(c1)CN[C@@H](c1nc(C3CCCS3)no1)C2. The number of hydrogen-bond donors (Lipinski definition) is 1. The van der Waals surface area contributed by atoms with E-state index in [0.29, 0.717) is 5.25 Å². The second-order valence-electron chi connectivity index (χ2n) is 5.40. The Bertz CT molecular complexity index is 607. The highest BCUT2D eigenvalue weighted by Crippen LogP contribution is 2.38. The maximum atomic E-state index is 5.49. The summed E-state index contributed by atoms with van der Waals surface area (Å²) in [4.78, 5) is 4.63. The molecule has 0 amide bonds. The standard InChI is InChI=1S/C15H17N3OS/c1-2-5-11-9-16-12(8-10(11)4-1)15-17-14(18-19-15)13-6-3-7-20-13/h1-2,4-5,12-13,16H,3,6-9H2/t12-,13?/m1/s1. The van der Waals surface area contributed by atoms with Gasteiger partial charge in [-0.15, -0.1) is 0 Å². The topological polar surface area (TPSA) is 51.0 Å². The van der Waals surface area contributed by atoms with E-state index in [1.54, 1.807) is 0 Å². The van der Waals surface area contributed by atoms with Crippen LogP contribution in [0.2, 0.25) is 0 Å². The van der Waals surface area contributed by atoms with Crippen LogP contribution in [0.4, 0.5) is 0 Å². The summed E-state index contributed by atoms with van der Waals surface area (Å²) in [6.45, 7) is 0.872. The minimum absolute atomic E-state index is 0.151. The summed E-state index contributed by atoms with van der Waals surface area (Å²) in [6.07, 6.45) is 3.36. The van der Waals surface area contributed by atoms with Gasteiger partial charge in [0.2, 0.25) is 5.89 Å². The number of rotatable bonds is 2. The first-order valence-corrected chi connectivity index (χ1v) is 8.20. The molecule has 0 saturated carbocycles. The van der Waals surface area contributed by atoms with Crippen LogP contribution in [0.25, 0.3) is 0 Å². The summed E-state index contributed by atoms with van der Waals surface area (Å²) in [7, 11) is 0. The van der Waals surface area contributed by atoms with Crippen LogP contribution >= 0.6 is 11.8 Å². The number of aromatic nitrogens is 2. The molecule has 4 nitrogen and oxygen atoms in total. The van der Waals surface area contributed by atoms with Crippen LogP contribution in [-0.4, -0.2) is 15.9 Å². The molecule has 1 aromatic carbocycles. The molecule has 1 aromatic heterocycles. The Balaban J connectivity index is 1.54. The van der Waals surface area contributed by atoms with Crippen molar-refractivity contribution in [3.63, 3.8) is 0 Å². The van der Waals surface area contributed by atoms with Crippen LogP contribution in [0.5, 0.6) is 0 Å². The maximum absolute atomic E-state index is 5.49. The van der Waals surface area contributed by atoms with E-state index in [1.807, 2.05) is 11.8 Å². The van der Waals surface area contributed by atoms with Crippen LogP contribution in [0.3, 0.4) is 0 Å². The second kappa shape index (κ2) is 5.22. The van der Waals surface area contributed by atoms with Gasteiger partial charge < -0.3 is 9.84 Å². The zero-order valence-electron chi connectivity index (χ0n) is 11.2. The fourth-order valence-corrected chi connectivity index (χ4v) is 4.13. The second-order valence-corrected chi connectivity index (χ2v) is 6.71. The number of benzene rings is 1. The summed E-state index contributed by atoms with van der Waals surface area (Å²) in [5.74, 6) is 2.83. The van der Waals surface area contributed by atoms with E-state index in [0.717, 1.165) is 24.7 Å². The molecule has 4 rings (SSSR count). The molecule has 2 aliphatic rings. The summed E-state index contributed by atoms with van der Waals surface area (Å²) in [5.41, 5.74) is 2.75. The van der Waals surface area contributed by atoms with Crippen molar-refractivity contribution >= 4 is 11.8 Å². The zero-order chi connectivity index (χ0) is 13.4. The molecule has 2 aromatic rings. The number of fused-ring (bicyclic) bond motifs is 1. The van der Waals surface area contributed by atoms with Gasteiger partial charge in [-0.2, -0.15) is 16.7 Å². The Morgan fingerprint density at radius 1 is 1.25 bits per heavy atom. The molecule has 0 bridgehead atoms. The number of thioether (sulfide) groups is 1. The van der Waals surface area contributed by atoms with Gasteiger partial charge in [-0.25, -0.2) is 0 Å². The van der Waals surface area contributed by atoms with Gasteiger partial charge in [0.05, 0.1) is 11.3 Å². The van der Waals surface area contributed by atoms with Crippen molar-refractivity contribution in [3.8, 4) is 0 Å². The lowest BCUT2D eigenvalue weighted by molar-refractivity contribution is 0.318. The molecule has 3 heterocycles. The molecule has 1 saturated heterocycles. The van der Waals surface area contributed by atoms with Crippen LogP contribution in [0.15, 0.2) is 28.8 Å². The highest BCUT2D eigenvalue weighted by atomic mass is 32.2. The Labute approximate surface area is 122 Å². The first-order valence-electron chi connectivity index (χ1n) is 7.15. The summed E-state index contributed by atoms with van der Waals surface area (Å²) in [6, 6.07) is 8.69. The minimum Gasteiger partial charge on any atom is -0.338 e. The molecule has 104 valence electrons. The number of nitrogens with one attached hydrogen (secondary N) is 1. The number of nitrogens with zero attached hydrogens (tertiary/aromatic N) is 2. The molecule has 5 heteroatoms. The lowest BCUT2D eigenvalue weighted by Crippen LogP contribution is -2.28. The summed E-state index contributed by atoms with van der Waals surface area (Å²) >= 11 is 1.94. The van der Waals surface area contributed by atoms with Crippen molar-refractivity contribution in [3.05, 3.63) is 47.1 Å². The predicted octanol–water partition coefficient (Wildman–Crippen LogP) is 3.02. The van der Waals surface area contributed by atoms with Crippen LogP contribution in [-0.2, 0) is 13.0 Å². The van der Waals surface area contributed by atoms with E-state index in [2.05, 4.69) is 39.7 Å². The largest absolute Gasteiger partial charge is 0.338 e. The molecule has 1 N–H and O–H groups in total. The molecule has 2 atom stereocenters. The monoisotopic (exact) mass is 287 g/mol. The molecule has 1 unspecified atom stereocenters.